The number of aliphatic carboxylic acids is 1. The Hall–Kier alpha value is -1.26. The first-order chi connectivity index (χ1) is 8.46. The second-order valence-corrected chi connectivity index (χ2v) is 4.74. The molecule has 0 aliphatic rings. The van der Waals surface area contributed by atoms with E-state index in [1.165, 1.54) is 0 Å². The van der Waals surface area contributed by atoms with Crippen LogP contribution in [0.4, 0.5) is 4.79 Å². The molecule has 0 aromatic heterocycles. The van der Waals surface area contributed by atoms with Gasteiger partial charge in [-0.25, -0.2) is 9.59 Å². The monoisotopic (exact) mass is 258 g/mol. The van der Waals surface area contributed by atoms with Crippen molar-refractivity contribution < 1.29 is 14.7 Å². The zero-order chi connectivity index (χ0) is 14.1. The van der Waals surface area contributed by atoms with E-state index in [1.54, 1.807) is 0 Å². The Balaban J connectivity index is 4.22. The number of rotatable bonds is 8. The number of amides is 2. The summed E-state index contributed by atoms with van der Waals surface area (Å²) in [4.78, 5) is 22.7. The summed E-state index contributed by atoms with van der Waals surface area (Å²) in [6, 6.07) is -1.22. The van der Waals surface area contributed by atoms with Crippen LogP contribution in [0.2, 0.25) is 0 Å². The van der Waals surface area contributed by atoms with Crippen molar-refractivity contribution in [3.63, 3.8) is 0 Å². The minimum Gasteiger partial charge on any atom is -0.480 e. The Kier molecular flexibility index (Phi) is 8.16. The van der Waals surface area contributed by atoms with Crippen molar-refractivity contribution in [1.29, 1.82) is 0 Å². The molecule has 0 radical (unpaired) electrons. The van der Waals surface area contributed by atoms with Gasteiger partial charge in [-0.05, 0) is 11.8 Å². The summed E-state index contributed by atoms with van der Waals surface area (Å²) in [5.74, 6) is -0.619. The summed E-state index contributed by atoms with van der Waals surface area (Å²) in [7, 11) is 0. The van der Waals surface area contributed by atoms with E-state index in [0.717, 1.165) is 12.8 Å². The highest BCUT2D eigenvalue weighted by atomic mass is 16.4. The molecule has 2 atom stereocenters. The normalized spacial score (nSPS) is 14.1. The van der Waals surface area contributed by atoms with Crippen molar-refractivity contribution in [3.8, 4) is 0 Å². The summed E-state index contributed by atoms with van der Waals surface area (Å²) in [5, 5.41) is 14.3. The minimum atomic E-state index is -0.984. The summed E-state index contributed by atoms with van der Waals surface area (Å²) in [6.45, 7) is 8.47. The van der Waals surface area contributed by atoms with Crippen LogP contribution in [0.3, 0.4) is 0 Å². The molecule has 2 amide bonds. The standard InChI is InChI=1S/C13H26N2O3/c1-5-9(4)11(12(16)17)15-13(18)14-8-10(6-2)7-3/h9-11H,5-8H2,1-4H3,(H,16,17)(H2,14,15,18). The van der Waals surface area contributed by atoms with Crippen LogP contribution in [0, 0.1) is 11.8 Å². The fourth-order valence-electron chi connectivity index (χ4n) is 1.69. The maximum Gasteiger partial charge on any atom is 0.326 e. The molecule has 0 saturated heterocycles. The number of urea groups is 1. The molecule has 0 aliphatic heterocycles. The molecule has 18 heavy (non-hydrogen) atoms. The predicted molar refractivity (Wildman–Crippen MR) is 71.5 cm³/mol. The lowest BCUT2D eigenvalue weighted by atomic mass is 9.99. The van der Waals surface area contributed by atoms with Crippen molar-refractivity contribution in [1.82, 2.24) is 10.6 Å². The third-order valence-corrected chi connectivity index (χ3v) is 3.47. The minimum absolute atomic E-state index is 0.0820. The Morgan fingerprint density at radius 1 is 1.11 bits per heavy atom. The molecule has 0 aromatic rings. The molecule has 0 spiro atoms. The number of carbonyl (C=O) groups is 2. The summed E-state index contributed by atoms with van der Waals surface area (Å²) < 4.78 is 0. The third-order valence-electron chi connectivity index (χ3n) is 3.47. The van der Waals surface area contributed by atoms with E-state index in [1.807, 2.05) is 13.8 Å². The highest BCUT2D eigenvalue weighted by Gasteiger charge is 2.25. The first-order valence-electron chi connectivity index (χ1n) is 6.73. The predicted octanol–water partition coefficient (Wildman–Crippen LogP) is 2.22. The van der Waals surface area contributed by atoms with Crippen LogP contribution < -0.4 is 10.6 Å². The van der Waals surface area contributed by atoms with E-state index < -0.39 is 18.0 Å². The fraction of sp³-hybridized carbons (Fsp3) is 0.846. The quantitative estimate of drug-likeness (QED) is 0.624. The molecule has 0 heterocycles. The van der Waals surface area contributed by atoms with Crippen molar-refractivity contribution in [3.05, 3.63) is 0 Å². The number of nitrogens with one attached hydrogen (secondary N) is 2. The maximum absolute atomic E-state index is 11.6. The van der Waals surface area contributed by atoms with E-state index in [-0.39, 0.29) is 5.92 Å². The van der Waals surface area contributed by atoms with Crippen molar-refractivity contribution in [2.75, 3.05) is 6.54 Å². The van der Waals surface area contributed by atoms with E-state index in [9.17, 15) is 9.59 Å². The molecule has 106 valence electrons. The van der Waals surface area contributed by atoms with Crippen molar-refractivity contribution in [2.24, 2.45) is 11.8 Å². The van der Waals surface area contributed by atoms with Crippen molar-refractivity contribution >= 4 is 12.0 Å². The number of hydrogen-bond acceptors (Lipinski definition) is 2. The van der Waals surface area contributed by atoms with E-state index in [0.29, 0.717) is 18.9 Å². The molecule has 0 aromatic carbocycles. The van der Waals surface area contributed by atoms with Crippen LogP contribution in [0.15, 0.2) is 0 Å². The number of hydrogen-bond donors (Lipinski definition) is 3. The lowest BCUT2D eigenvalue weighted by Crippen LogP contribution is -2.49. The first-order valence-corrected chi connectivity index (χ1v) is 6.73. The lowest BCUT2D eigenvalue weighted by molar-refractivity contribution is -0.140. The van der Waals surface area contributed by atoms with Gasteiger partial charge in [0.25, 0.3) is 0 Å². The molecule has 0 saturated carbocycles. The van der Waals surface area contributed by atoms with Crippen LogP contribution in [0.5, 0.6) is 0 Å². The van der Waals surface area contributed by atoms with Gasteiger partial charge >= 0.3 is 12.0 Å². The van der Waals surface area contributed by atoms with Crippen LogP contribution in [0.25, 0.3) is 0 Å². The van der Waals surface area contributed by atoms with E-state index in [4.69, 9.17) is 5.11 Å². The van der Waals surface area contributed by atoms with Crippen LogP contribution in [-0.4, -0.2) is 29.7 Å². The van der Waals surface area contributed by atoms with E-state index in [2.05, 4.69) is 24.5 Å². The molecule has 0 rings (SSSR count). The summed E-state index contributed by atoms with van der Waals surface area (Å²) in [6.07, 6.45) is 2.72. The number of carboxylic acids is 1. The topological polar surface area (TPSA) is 78.4 Å². The van der Waals surface area contributed by atoms with Gasteiger partial charge in [-0.1, -0.05) is 47.0 Å². The molecular weight excluding hydrogens is 232 g/mol. The first kappa shape index (κ1) is 16.7. The largest absolute Gasteiger partial charge is 0.480 e. The highest BCUT2D eigenvalue weighted by molar-refractivity contribution is 5.82. The molecule has 2 unspecified atom stereocenters. The number of carbonyl (C=O) groups excluding carboxylic acids is 1. The Bertz CT molecular complexity index is 265. The molecular formula is C13H26N2O3. The van der Waals surface area contributed by atoms with Gasteiger partial charge < -0.3 is 15.7 Å². The van der Waals surface area contributed by atoms with Gasteiger partial charge in [0.1, 0.15) is 6.04 Å². The molecule has 5 nitrogen and oxygen atoms in total. The van der Waals surface area contributed by atoms with Gasteiger partial charge in [-0.2, -0.15) is 0 Å². The smallest absolute Gasteiger partial charge is 0.326 e. The van der Waals surface area contributed by atoms with Gasteiger partial charge in [0.2, 0.25) is 0 Å². The average Bonchev–Trinajstić information content (AvgIpc) is 2.35. The van der Waals surface area contributed by atoms with Gasteiger partial charge in [0.15, 0.2) is 0 Å². The summed E-state index contributed by atoms with van der Waals surface area (Å²) >= 11 is 0. The molecule has 0 fully saturated rings. The SMILES string of the molecule is CCC(CC)CNC(=O)NC(C(=O)O)C(C)CC. The van der Waals surface area contributed by atoms with Crippen LogP contribution in [0.1, 0.15) is 47.0 Å². The second kappa shape index (κ2) is 8.78. The molecule has 0 bridgehead atoms. The zero-order valence-electron chi connectivity index (χ0n) is 11.8. The molecule has 3 N–H and O–H groups in total. The third kappa shape index (κ3) is 5.89. The highest BCUT2D eigenvalue weighted by Crippen LogP contribution is 2.08. The second-order valence-electron chi connectivity index (χ2n) is 4.74. The Labute approximate surface area is 109 Å². The summed E-state index contributed by atoms with van der Waals surface area (Å²) in [5.41, 5.74) is 0. The van der Waals surface area contributed by atoms with E-state index >= 15 is 0 Å². The van der Waals surface area contributed by atoms with Gasteiger partial charge in [-0.15, -0.1) is 0 Å². The molecule has 5 heteroatoms. The Morgan fingerprint density at radius 2 is 1.67 bits per heavy atom. The lowest BCUT2D eigenvalue weighted by Gasteiger charge is -2.21. The van der Waals surface area contributed by atoms with Crippen molar-refractivity contribution in [2.45, 2.75) is 53.0 Å². The maximum atomic E-state index is 11.6. The number of carboxylic acid groups (broad SMARTS) is 1. The fourth-order valence-corrected chi connectivity index (χ4v) is 1.69. The zero-order valence-corrected chi connectivity index (χ0v) is 11.8. The van der Waals surface area contributed by atoms with Gasteiger partial charge in [0.05, 0.1) is 0 Å². The van der Waals surface area contributed by atoms with Gasteiger partial charge in [0, 0.05) is 6.54 Å². The van der Waals surface area contributed by atoms with Crippen LogP contribution >= 0.6 is 0 Å². The Morgan fingerprint density at radius 3 is 2.06 bits per heavy atom. The van der Waals surface area contributed by atoms with Crippen LogP contribution in [-0.2, 0) is 4.79 Å². The van der Waals surface area contributed by atoms with Gasteiger partial charge in [-0.3, -0.25) is 0 Å². The molecule has 0 aliphatic carbocycles. The average molecular weight is 258 g/mol.